The van der Waals surface area contributed by atoms with Crippen molar-refractivity contribution in [1.82, 2.24) is 15.3 Å². The average Bonchev–Trinajstić information content (AvgIpc) is 2.65. The molecule has 0 aliphatic rings. The highest BCUT2D eigenvalue weighted by Crippen LogP contribution is 2.33. The Morgan fingerprint density at radius 3 is 2.15 bits per heavy atom. The Morgan fingerprint density at radius 2 is 1.54 bits per heavy atom. The second kappa shape index (κ2) is 8.63. The molecule has 0 aliphatic carbocycles. The van der Waals surface area contributed by atoms with Gasteiger partial charge in [-0.3, -0.25) is 4.79 Å². The lowest BCUT2D eigenvalue weighted by Crippen LogP contribution is -2.27. The number of aryl methyl sites for hydroxylation is 2. The largest absolute Gasteiger partial charge is 0.351 e. The van der Waals surface area contributed by atoms with Gasteiger partial charge in [0.15, 0.2) is 5.16 Å². The Hall–Kier alpha value is -2.66. The van der Waals surface area contributed by atoms with Gasteiger partial charge in [-0.25, -0.2) is 9.97 Å². The number of nitrogens with zero attached hydrogens (tertiary/aromatic N) is 2. The van der Waals surface area contributed by atoms with Gasteiger partial charge in [-0.2, -0.15) is 0 Å². The predicted molar refractivity (Wildman–Crippen MR) is 105 cm³/mol. The van der Waals surface area contributed by atoms with Gasteiger partial charge in [0, 0.05) is 17.9 Å². The number of aromatic nitrogens is 2. The number of hydrogen-bond donors (Lipinski definition) is 1. The summed E-state index contributed by atoms with van der Waals surface area (Å²) < 4.78 is 0. The summed E-state index contributed by atoms with van der Waals surface area (Å²) in [5.41, 5.74) is 3.80. The zero-order valence-electron chi connectivity index (χ0n) is 14.8. The minimum Gasteiger partial charge on any atom is -0.351 e. The lowest BCUT2D eigenvalue weighted by Gasteiger charge is -2.16. The van der Waals surface area contributed by atoms with E-state index in [1.54, 1.807) is 0 Å². The molecule has 132 valence electrons. The van der Waals surface area contributed by atoms with Crippen LogP contribution in [0, 0.1) is 13.8 Å². The molecule has 1 N–H and O–H groups in total. The molecule has 0 bridgehead atoms. The van der Waals surface area contributed by atoms with Crippen molar-refractivity contribution < 1.29 is 4.79 Å². The van der Waals surface area contributed by atoms with E-state index >= 15 is 0 Å². The van der Waals surface area contributed by atoms with Crippen LogP contribution < -0.4 is 5.32 Å². The molecule has 3 rings (SSSR count). The van der Waals surface area contributed by atoms with E-state index in [2.05, 4.69) is 15.3 Å². The lowest BCUT2D eigenvalue weighted by atomic mass is 10.1. The molecule has 2 aromatic carbocycles. The molecule has 0 saturated heterocycles. The van der Waals surface area contributed by atoms with E-state index in [1.165, 1.54) is 11.8 Å². The Bertz CT molecular complexity index is 849. The third-order valence-electron chi connectivity index (χ3n) is 3.84. The molecule has 5 heteroatoms. The summed E-state index contributed by atoms with van der Waals surface area (Å²) in [5.74, 6) is -0.0483. The van der Waals surface area contributed by atoms with E-state index in [0.29, 0.717) is 11.7 Å². The SMILES string of the molecule is Cc1cc(C)nc(SC(C(=O)NCc2ccccc2)c2ccccc2)n1. The highest BCUT2D eigenvalue weighted by molar-refractivity contribution is 8.00. The number of benzene rings is 2. The smallest absolute Gasteiger partial charge is 0.238 e. The van der Waals surface area contributed by atoms with Gasteiger partial charge in [0.05, 0.1) is 0 Å². The minimum absolute atomic E-state index is 0.0483. The second-order valence-electron chi connectivity index (χ2n) is 6.05. The summed E-state index contributed by atoms with van der Waals surface area (Å²) in [7, 11) is 0. The van der Waals surface area contributed by atoms with Crippen molar-refractivity contribution in [2.45, 2.75) is 30.8 Å². The maximum Gasteiger partial charge on any atom is 0.238 e. The van der Waals surface area contributed by atoms with Gasteiger partial charge in [0.2, 0.25) is 5.91 Å². The number of carbonyl (C=O) groups excluding carboxylic acids is 1. The fourth-order valence-corrected chi connectivity index (χ4v) is 3.72. The third kappa shape index (κ3) is 4.92. The number of amides is 1. The van der Waals surface area contributed by atoms with E-state index in [-0.39, 0.29) is 5.91 Å². The maximum atomic E-state index is 12.9. The van der Waals surface area contributed by atoms with Crippen LogP contribution in [0.1, 0.15) is 27.8 Å². The van der Waals surface area contributed by atoms with E-state index in [0.717, 1.165) is 22.5 Å². The Balaban J connectivity index is 1.80. The van der Waals surface area contributed by atoms with Gasteiger partial charge >= 0.3 is 0 Å². The first-order valence-electron chi connectivity index (χ1n) is 8.47. The molecular weight excluding hydrogens is 342 g/mol. The molecule has 1 aromatic heterocycles. The van der Waals surface area contributed by atoms with Crippen LogP contribution in [0.4, 0.5) is 0 Å². The molecule has 1 amide bonds. The molecule has 0 fully saturated rings. The van der Waals surface area contributed by atoms with Crippen molar-refractivity contribution in [2.75, 3.05) is 0 Å². The summed E-state index contributed by atoms with van der Waals surface area (Å²) in [6.07, 6.45) is 0. The third-order valence-corrected chi connectivity index (χ3v) is 4.95. The second-order valence-corrected chi connectivity index (χ2v) is 7.12. The molecule has 26 heavy (non-hydrogen) atoms. The standard InChI is InChI=1S/C21H21N3OS/c1-15-13-16(2)24-21(23-15)26-19(18-11-7-4-8-12-18)20(25)22-14-17-9-5-3-6-10-17/h3-13,19H,14H2,1-2H3,(H,22,25). The first-order valence-corrected chi connectivity index (χ1v) is 9.35. The van der Waals surface area contributed by atoms with Crippen molar-refractivity contribution in [1.29, 1.82) is 0 Å². The number of hydrogen-bond acceptors (Lipinski definition) is 4. The zero-order chi connectivity index (χ0) is 18.4. The van der Waals surface area contributed by atoms with Gasteiger partial charge in [0.1, 0.15) is 5.25 Å². The number of carbonyl (C=O) groups is 1. The van der Waals surface area contributed by atoms with Gasteiger partial charge in [-0.05, 0) is 31.0 Å². The summed E-state index contributed by atoms with van der Waals surface area (Å²) in [5, 5.41) is 3.25. The van der Waals surface area contributed by atoms with Crippen molar-refractivity contribution in [3.63, 3.8) is 0 Å². The van der Waals surface area contributed by atoms with Crippen LogP contribution in [0.5, 0.6) is 0 Å². The van der Waals surface area contributed by atoms with E-state index < -0.39 is 5.25 Å². The van der Waals surface area contributed by atoms with Crippen LogP contribution >= 0.6 is 11.8 Å². The highest BCUT2D eigenvalue weighted by atomic mass is 32.2. The van der Waals surface area contributed by atoms with Crippen LogP contribution in [0.15, 0.2) is 71.9 Å². The van der Waals surface area contributed by atoms with Gasteiger partial charge in [-0.1, -0.05) is 72.4 Å². The molecule has 1 heterocycles. The minimum atomic E-state index is -0.402. The van der Waals surface area contributed by atoms with Crippen LogP contribution in [-0.2, 0) is 11.3 Å². The van der Waals surface area contributed by atoms with E-state index in [9.17, 15) is 4.79 Å². The van der Waals surface area contributed by atoms with Crippen LogP contribution in [0.25, 0.3) is 0 Å². The molecule has 0 radical (unpaired) electrons. The average molecular weight is 363 g/mol. The first-order chi connectivity index (χ1) is 12.6. The summed E-state index contributed by atoms with van der Waals surface area (Å²) in [6.45, 7) is 4.37. The molecule has 4 nitrogen and oxygen atoms in total. The Morgan fingerprint density at radius 1 is 0.962 bits per heavy atom. The topological polar surface area (TPSA) is 54.9 Å². The molecular formula is C21H21N3OS. The molecule has 3 aromatic rings. The van der Waals surface area contributed by atoms with Crippen LogP contribution in [-0.4, -0.2) is 15.9 Å². The normalized spacial score (nSPS) is 11.8. The highest BCUT2D eigenvalue weighted by Gasteiger charge is 2.23. The molecule has 0 aliphatic heterocycles. The molecule has 1 unspecified atom stereocenters. The molecule has 1 atom stereocenters. The number of thioether (sulfide) groups is 1. The summed E-state index contributed by atoms with van der Waals surface area (Å²) in [6, 6.07) is 21.6. The first kappa shape index (κ1) is 18.1. The lowest BCUT2D eigenvalue weighted by molar-refractivity contribution is -0.120. The van der Waals surface area contributed by atoms with Gasteiger partial charge in [-0.15, -0.1) is 0 Å². The van der Waals surface area contributed by atoms with Gasteiger partial charge < -0.3 is 5.32 Å². The Kier molecular flexibility index (Phi) is 6.02. The quantitative estimate of drug-likeness (QED) is 0.526. The fraction of sp³-hybridized carbons (Fsp3) is 0.190. The monoisotopic (exact) mass is 363 g/mol. The van der Waals surface area contributed by atoms with Crippen LogP contribution in [0.2, 0.25) is 0 Å². The van der Waals surface area contributed by atoms with Crippen molar-refractivity contribution in [3.05, 3.63) is 89.2 Å². The zero-order valence-corrected chi connectivity index (χ0v) is 15.7. The van der Waals surface area contributed by atoms with E-state index in [1.807, 2.05) is 80.6 Å². The predicted octanol–water partition coefficient (Wildman–Crippen LogP) is 4.24. The fourth-order valence-electron chi connectivity index (χ4n) is 2.63. The van der Waals surface area contributed by atoms with Crippen molar-refractivity contribution in [2.24, 2.45) is 0 Å². The van der Waals surface area contributed by atoms with Crippen molar-refractivity contribution >= 4 is 17.7 Å². The van der Waals surface area contributed by atoms with E-state index in [4.69, 9.17) is 0 Å². The summed E-state index contributed by atoms with van der Waals surface area (Å²) in [4.78, 5) is 21.8. The van der Waals surface area contributed by atoms with Crippen molar-refractivity contribution in [3.8, 4) is 0 Å². The van der Waals surface area contributed by atoms with Gasteiger partial charge in [0.25, 0.3) is 0 Å². The molecule has 0 saturated carbocycles. The molecule has 0 spiro atoms. The van der Waals surface area contributed by atoms with Crippen LogP contribution in [0.3, 0.4) is 0 Å². The number of rotatable bonds is 6. The summed E-state index contributed by atoms with van der Waals surface area (Å²) >= 11 is 1.38. The maximum absolute atomic E-state index is 12.9. The number of nitrogens with one attached hydrogen (secondary N) is 1. The Labute approximate surface area is 158 Å².